The smallest absolute Gasteiger partial charge is 0.348 e. The van der Waals surface area contributed by atoms with E-state index in [1.807, 2.05) is 0 Å². The quantitative estimate of drug-likeness (QED) is 0.860. The highest BCUT2D eigenvalue weighted by Gasteiger charge is 2.35. The van der Waals surface area contributed by atoms with Crippen LogP contribution in [0.1, 0.15) is 37.8 Å². The van der Waals surface area contributed by atoms with E-state index in [1.54, 1.807) is 0 Å². The highest BCUT2D eigenvalue weighted by Crippen LogP contribution is 2.33. The Morgan fingerprint density at radius 1 is 1.26 bits per heavy atom. The van der Waals surface area contributed by atoms with Gasteiger partial charge in [-0.15, -0.1) is 11.6 Å². The van der Waals surface area contributed by atoms with E-state index in [-0.39, 0.29) is 11.5 Å². The summed E-state index contributed by atoms with van der Waals surface area (Å²) in [5.74, 6) is 0.337. The van der Waals surface area contributed by atoms with Gasteiger partial charge in [-0.05, 0) is 18.9 Å². The Labute approximate surface area is 114 Å². The van der Waals surface area contributed by atoms with Gasteiger partial charge in [0.05, 0.1) is 5.54 Å². The number of hydrogen-bond acceptors (Lipinski definition) is 3. The predicted octanol–water partition coefficient (Wildman–Crippen LogP) is 3.85. The minimum Gasteiger partial charge on any atom is -0.348 e. The van der Waals surface area contributed by atoms with Crippen LogP contribution in [0.3, 0.4) is 0 Å². The summed E-state index contributed by atoms with van der Waals surface area (Å²) in [5.41, 5.74) is -1.32. The lowest BCUT2D eigenvalue weighted by Crippen LogP contribution is -2.42. The van der Waals surface area contributed by atoms with E-state index in [1.165, 1.54) is 0 Å². The highest BCUT2D eigenvalue weighted by atomic mass is 35.5. The van der Waals surface area contributed by atoms with Gasteiger partial charge >= 0.3 is 6.18 Å². The molecule has 0 unspecified atom stereocenters. The molecule has 1 aromatic rings. The van der Waals surface area contributed by atoms with Crippen LogP contribution in [0.4, 0.5) is 19.1 Å². The van der Waals surface area contributed by atoms with Crippen molar-refractivity contribution in [2.75, 3.05) is 11.2 Å². The van der Waals surface area contributed by atoms with Gasteiger partial charge in [0.2, 0.25) is 5.95 Å². The standard InChI is InChI=1S/C12H15ClF3N3/c13-8-11(5-2-1-3-6-11)19-10-17-7-4-9(18-10)12(14,15)16/h4,7H,1-3,5-6,8H2,(H,17,18,19). The van der Waals surface area contributed by atoms with Gasteiger partial charge in [-0.1, -0.05) is 19.3 Å². The second kappa shape index (κ2) is 5.53. The summed E-state index contributed by atoms with van der Waals surface area (Å²) in [4.78, 5) is 7.38. The van der Waals surface area contributed by atoms with Crippen molar-refractivity contribution in [2.24, 2.45) is 0 Å². The van der Waals surface area contributed by atoms with Crippen molar-refractivity contribution in [2.45, 2.75) is 43.8 Å². The number of anilines is 1. The molecule has 1 aliphatic carbocycles. The topological polar surface area (TPSA) is 37.8 Å². The molecule has 1 heterocycles. The van der Waals surface area contributed by atoms with Crippen LogP contribution >= 0.6 is 11.6 Å². The summed E-state index contributed by atoms with van der Waals surface area (Å²) in [6.45, 7) is 0. The monoisotopic (exact) mass is 293 g/mol. The van der Waals surface area contributed by atoms with Crippen molar-refractivity contribution in [1.29, 1.82) is 0 Å². The number of aromatic nitrogens is 2. The van der Waals surface area contributed by atoms with Crippen LogP contribution in [0.5, 0.6) is 0 Å². The van der Waals surface area contributed by atoms with Crippen molar-refractivity contribution in [3.63, 3.8) is 0 Å². The van der Waals surface area contributed by atoms with Gasteiger partial charge in [-0.25, -0.2) is 9.97 Å². The molecule has 0 aromatic carbocycles. The lowest BCUT2D eigenvalue weighted by molar-refractivity contribution is -0.141. The molecule has 19 heavy (non-hydrogen) atoms. The van der Waals surface area contributed by atoms with Crippen LogP contribution in [-0.2, 0) is 6.18 Å². The molecule has 0 spiro atoms. The molecule has 0 aliphatic heterocycles. The van der Waals surface area contributed by atoms with Crippen molar-refractivity contribution in [3.8, 4) is 0 Å². The number of hydrogen-bond donors (Lipinski definition) is 1. The van der Waals surface area contributed by atoms with Crippen molar-refractivity contribution < 1.29 is 13.2 Å². The molecule has 0 atom stereocenters. The SMILES string of the molecule is FC(F)(F)c1ccnc(NC2(CCl)CCCCC2)n1. The summed E-state index contributed by atoms with van der Waals surface area (Å²) < 4.78 is 37.7. The number of nitrogens with zero attached hydrogens (tertiary/aromatic N) is 2. The Bertz CT molecular complexity index is 430. The third-order valence-corrected chi connectivity index (χ3v) is 3.90. The fourth-order valence-corrected chi connectivity index (χ4v) is 2.67. The van der Waals surface area contributed by atoms with Gasteiger partial charge in [0.25, 0.3) is 0 Å². The molecule has 1 aromatic heterocycles. The zero-order chi connectivity index (χ0) is 13.9. The normalized spacial score (nSPS) is 19.2. The lowest BCUT2D eigenvalue weighted by atomic mass is 9.83. The van der Waals surface area contributed by atoms with E-state index in [2.05, 4.69) is 15.3 Å². The first-order valence-corrected chi connectivity index (χ1v) is 6.73. The summed E-state index contributed by atoms with van der Waals surface area (Å²) in [7, 11) is 0. The van der Waals surface area contributed by atoms with Crippen LogP contribution in [0.15, 0.2) is 12.3 Å². The molecule has 1 saturated carbocycles. The fourth-order valence-electron chi connectivity index (χ4n) is 2.33. The maximum atomic E-state index is 12.6. The zero-order valence-corrected chi connectivity index (χ0v) is 11.1. The summed E-state index contributed by atoms with van der Waals surface area (Å²) in [6, 6.07) is 0.861. The zero-order valence-electron chi connectivity index (χ0n) is 10.3. The average molecular weight is 294 g/mol. The number of alkyl halides is 4. The number of halogens is 4. The summed E-state index contributed by atoms with van der Waals surface area (Å²) in [5, 5.41) is 3.00. The molecule has 2 rings (SSSR count). The van der Waals surface area contributed by atoms with Gasteiger partial charge in [0.1, 0.15) is 5.69 Å². The summed E-state index contributed by atoms with van der Waals surface area (Å²) in [6.07, 6.45) is 1.47. The maximum Gasteiger partial charge on any atom is 0.433 e. The van der Waals surface area contributed by atoms with Gasteiger partial charge in [-0.2, -0.15) is 13.2 Å². The third kappa shape index (κ3) is 3.49. The second-order valence-electron chi connectivity index (χ2n) is 4.86. The van der Waals surface area contributed by atoms with E-state index in [0.29, 0.717) is 5.88 Å². The molecule has 0 bridgehead atoms. The first kappa shape index (κ1) is 14.4. The van der Waals surface area contributed by atoms with Gasteiger partial charge in [0, 0.05) is 12.1 Å². The Balaban J connectivity index is 2.18. The molecule has 0 amide bonds. The predicted molar refractivity (Wildman–Crippen MR) is 67.2 cm³/mol. The molecule has 106 valence electrons. The van der Waals surface area contributed by atoms with Crippen LogP contribution in [-0.4, -0.2) is 21.4 Å². The number of nitrogens with one attached hydrogen (secondary N) is 1. The molecular formula is C12H15ClF3N3. The molecule has 1 fully saturated rings. The number of rotatable bonds is 3. The Kier molecular flexibility index (Phi) is 4.18. The molecule has 1 N–H and O–H groups in total. The lowest BCUT2D eigenvalue weighted by Gasteiger charge is -2.36. The Morgan fingerprint density at radius 2 is 1.95 bits per heavy atom. The van der Waals surface area contributed by atoms with Gasteiger partial charge in [0.15, 0.2) is 0 Å². The van der Waals surface area contributed by atoms with E-state index in [9.17, 15) is 13.2 Å². The third-order valence-electron chi connectivity index (χ3n) is 3.39. The minimum atomic E-state index is -4.46. The average Bonchev–Trinajstić information content (AvgIpc) is 2.39. The van der Waals surface area contributed by atoms with Crippen molar-refractivity contribution in [3.05, 3.63) is 18.0 Å². The van der Waals surface area contributed by atoms with E-state index < -0.39 is 11.9 Å². The van der Waals surface area contributed by atoms with Crippen molar-refractivity contribution >= 4 is 17.5 Å². The second-order valence-corrected chi connectivity index (χ2v) is 5.13. The molecule has 7 heteroatoms. The first-order valence-electron chi connectivity index (χ1n) is 6.20. The van der Waals surface area contributed by atoms with Crippen LogP contribution in [0.2, 0.25) is 0 Å². The van der Waals surface area contributed by atoms with Crippen molar-refractivity contribution in [1.82, 2.24) is 9.97 Å². The molecular weight excluding hydrogens is 279 g/mol. The minimum absolute atomic E-state index is 0.00243. The largest absolute Gasteiger partial charge is 0.433 e. The molecule has 0 radical (unpaired) electrons. The summed E-state index contributed by atoms with van der Waals surface area (Å²) >= 11 is 5.98. The first-order chi connectivity index (χ1) is 8.95. The van der Waals surface area contributed by atoms with Gasteiger partial charge < -0.3 is 5.32 Å². The van der Waals surface area contributed by atoms with E-state index >= 15 is 0 Å². The van der Waals surface area contributed by atoms with Crippen LogP contribution in [0.25, 0.3) is 0 Å². The Hall–Kier alpha value is -1.04. The highest BCUT2D eigenvalue weighted by molar-refractivity contribution is 6.18. The molecule has 0 saturated heterocycles. The molecule has 1 aliphatic rings. The Morgan fingerprint density at radius 3 is 2.53 bits per heavy atom. The van der Waals surface area contributed by atoms with E-state index in [4.69, 9.17) is 11.6 Å². The van der Waals surface area contributed by atoms with Crippen LogP contribution in [0, 0.1) is 0 Å². The van der Waals surface area contributed by atoms with E-state index in [0.717, 1.165) is 44.4 Å². The van der Waals surface area contributed by atoms with Gasteiger partial charge in [-0.3, -0.25) is 0 Å². The maximum absolute atomic E-state index is 12.6. The van der Waals surface area contributed by atoms with Crippen LogP contribution < -0.4 is 5.32 Å². The fraction of sp³-hybridized carbons (Fsp3) is 0.667. The molecule has 3 nitrogen and oxygen atoms in total.